The van der Waals surface area contributed by atoms with Gasteiger partial charge in [-0.15, -0.1) is 0 Å². The van der Waals surface area contributed by atoms with Crippen molar-refractivity contribution in [1.29, 1.82) is 0 Å². The van der Waals surface area contributed by atoms with Gasteiger partial charge in [0.25, 0.3) is 5.12 Å². The lowest BCUT2D eigenvalue weighted by Crippen LogP contribution is -2.33. The summed E-state index contributed by atoms with van der Waals surface area (Å²) in [5.41, 5.74) is 0.780. The predicted octanol–water partition coefficient (Wildman–Crippen LogP) is 3.91. The molecule has 0 spiro atoms. The second-order valence-corrected chi connectivity index (χ2v) is 4.59. The fourth-order valence-corrected chi connectivity index (χ4v) is 2.15. The SMILES string of the molecule is O=C(S)C(F)(F)C(c1ccccc1)c1ccccc1. The van der Waals surface area contributed by atoms with Crippen LogP contribution in [-0.4, -0.2) is 11.0 Å². The Morgan fingerprint density at radius 1 is 0.895 bits per heavy atom. The van der Waals surface area contributed by atoms with E-state index in [2.05, 4.69) is 12.6 Å². The lowest BCUT2D eigenvalue weighted by Gasteiger charge is -2.25. The number of thiol groups is 1. The summed E-state index contributed by atoms with van der Waals surface area (Å²) in [6, 6.07) is 16.5. The zero-order chi connectivity index (χ0) is 13.9. The molecule has 0 aliphatic carbocycles. The van der Waals surface area contributed by atoms with Crippen LogP contribution in [0.4, 0.5) is 8.78 Å². The fourth-order valence-electron chi connectivity index (χ4n) is 2.03. The third-order valence-corrected chi connectivity index (χ3v) is 3.21. The van der Waals surface area contributed by atoms with Gasteiger partial charge < -0.3 is 0 Å². The van der Waals surface area contributed by atoms with E-state index in [1.807, 2.05) is 0 Å². The molecule has 0 heterocycles. The maximum absolute atomic E-state index is 14.2. The first kappa shape index (κ1) is 13.7. The van der Waals surface area contributed by atoms with Gasteiger partial charge in [-0.3, -0.25) is 4.79 Å². The van der Waals surface area contributed by atoms with E-state index >= 15 is 0 Å². The molecule has 0 aliphatic heterocycles. The average Bonchev–Trinajstić information content (AvgIpc) is 2.41. The lowest BCUT2D eigenvalue weighted by molar-refractivity contribution is -0.134. The van der Waals surface area contributed by atoms with Gasteiger partial charge in [0.15, 0.2) is 0 Å². The van der Waals surface area contributed by atoms with Crippen molar-refractivity contribution in [2.75, 3.05) is 0 Å². The Kier molecular flexibility index (Phi) is 4.00. The van der Waals surface area contributed by atoms with Crippen molar-refractivity contribution in [2.24, 2.45) is 0 Å². The first-order valence-electron chi connectivity index (χ1n) is 5.74. The molecule has 0 saturated carbocycles. The largest absolute Gasteiger partial charge is 0.325 e. The number of benzene rings is 2. The van der Waals surface area contributed by atoms with E-state index in [0.717, 1.165) is 0 Å². The van der Waals surface area contributed by atoms with Gasteiger partial charge in [-0.25, -0.2) is 0 Å². The zero-order valence-electron chi connectivity index (χ0n) is 9.96. The minimum absolute atomic E-state index is 0.390. The number of carbonyl (C=O) groups excluding carboxylic acids is 1. The van der Waals surface area contributed by atoms with Crippen LogP contribution in [0.2, 0.25) is 0 Å². The van der Waals surface area contributed by atoms with Crippen LogP contribution < -0.4 is 0 Å². The van der Waals surface area contributed by atoms with Crippen LogP contribution in [0.25, 0.3) is 0 Å². The topological polar surface area (TPSA) is 17.1 Å². The summed E-state index contributed by atoms with van der Waals surface area (Å²) in [4.78, 5) is 11.2. The van der Waals surface area contributed by atoms with E-state index < -0.39 is 17.0 Å². The van der Waals surface area contributed by atoms with Gasteiger partial charge in [0.05, 0.1) is 5.92 Å². The molecular formula is C15H12F2OS. The van der Waals surface area contributed by atoms with Crippen molar-refractivity contribution < 1.29 is 13.6 Å². The Morgan fingerprint density at radius 3 is 1.58 bits per heavy atom. The number of halogens is 2. The first-order valence-corrected chi connectivity index (χ1v) is 6.19. The van der Waals surface area contributed by atoms with Crippen molar-refractivity contribution in [3.05, 3.63) is 71.8 Å². The summed E-state index contributed by atoms with van der Waals surface area (Å²) in [5, 5.41) is -1.43. The molecule has 2 aromatic rings. The van der Waals surface area contributed by atoms with Crippen LogP contribution in [0.3, 0.4) is 0 Å². The third kappa shape index (κ3) is 2.84. The van der Waals surface area contributed by atoms with Crippen LogP contribution in [0.15, 0.2) is 60.7 Å². The quantitative estimate of drug-likeness (QED) is 0.839. The highest BCUT2D eigenvalue weighted by atomic mass is 32.1. The highest BCUT2D eigenvalue weighted by molar-refractivity contribution is 7.96. The molecule has 1 nitrogen and oxygen atoms in total. The average molecular weight is 278 g/mol. The second-order valence-electron chi connectivity index (χ2n) is 4.18. The van der Waals surface area contributed by atoms with Crippen LogP contribution in [0.1, 0.15) is 17.0 Å². The van der Waals surface area contributed by atoms with Crippen LogP contribution >= 0.6 is 12.6 Å². The summed E-state index contributed by atoms with van der Waals surface area (Å²) < 4.78 is 28.3. The Hall–Kier alpha value is -1.68. The van der Waals surface area contributed by atoms with Crippen LogP contribution in [0, 0.1) is 0 Å². The summed E-state index contributed by atoms with van der Waals surface area (Å²) in [7, 11) is 0. The Balaban J connectivity index is 2.55. The van der Waals surface area contributed by atoms with Gasteiger partial charge in [0.1, 0.15) is 0 Å². The highest BCUT2D eigenvalue weighted by Crippen LogP contribution is 2.40. The number of hydrogen-bond acceptors (Lipinski definition) is 1. The van der Waals surface area contributed by atoms with E-state index in [1.165, 1.54) is 0 Å². The molecule has 0 bridgehead atoms. The number of rotatable bonds is 4. The van der Waals surface area contributed by atoms with Crippen LogP contribution in [0.5, 0.6) is 0 Å². The van der Waals surface area contributed by atoms with E-state index in [0.29, 0.717) is 11.1 Å². The lowest BCUT2D eigenvalue weighted by atomic mass is 9.86. The Bertz CT molecular complexity index is 515. The standard InChI is InChI=1S/C15H12F2OS/c16-15(17,14(18)19)13(11-7-3-1-4-8-11)12-9-5-2-6-10-12/h1-10,13H,(H,18,19). The fraction of sp³-hybridized carbons (Fsp3) is 0.133. The molecule has 4 heteroatoms. The summed E-state index contributed by atoms with van der Waals surface area (Å²) in [6.45, 7) is 0. The molecule has 0 atom stereocenters. The molecule has 0 N–H and O–H groups in total. The van der Waals surface area contributed by atoms with Gasteiger partial charge in [0, 0.05) is 0 Å². The molecular weight excluding hydrogens is 266 g/mol. The van der Waals surface area contributed by atoms with Gasteiger partial charge in [-0.2, -0.15) is 8.78 Å². The zero-order valence-corrected chi connectivity index (χ0v) is 10.9. The van der Waals surface area contributed by atoms with Gasteiger partial charge in [-0.1, -0.05) is 73.3 Å². The molecule has 98 valence electrons. The van der Waals surface area contributed by atoms with Crippen molar-refractivity contribution in [3.8, 4) is 0 Å². The first-order chi connectivity index (χ1) is 9.03. The number of carbonyl (C=O) groups is 1. The molecule has 0 fully saturated rings. The maximum atomic E-state index is 14.2. The van der Waals surface area contributed by atoms with E-state index in [4.69, 9.17) is 0 Å². The van der Waals surface area contributed by atoms with Crippen molar-refractivity contribution >= 4 is 17.7 Å². The molecule has 19 heavy (non-hydrogen) atoms. The van der Waals surface area contributed by atoms with Crippen molar-refractivity contribution in [2.45, 2.75) is 11.8 Å². The third-order valence-electron chi connectivity index (χ3n) is 2.91. The monoisotopic (exact) mass is 278 g/mol. The molecule has 0 saturated heterocycles. The Morgan fingerprint density at radius 2 is 1.26 bits per heavy atom. The predicted molar refractivity (Wildman–Crippen MR) is 73.7 cm³/mol. The van der Waals surface area contributed by atoms with Gasteiger partial charge >= 0.3 is 5.92 Å². The summed E-state index contributed by atoms with van der Waals surface area (Å²) in [5.74, 6) is -4.87. The normalized spacial score (nSPS) is 11.6. The highest BCUT2D eigenvalue weighted by Gasteiger charge is 2.46. The molecule has 0 amide bonds. The van der Waals surface area contributed by atoms with Gasteiger partial charge in [-0.05, 0) is 11.1 Å². The van der Waals surface area contributed by atoms with E-state index in [-0.39, 0.29) is 0 Å². The molecule has 2 aromatic carbocycles. The second kappa shape index (κ2) is 5.53. The number of hydrogen-bond donors (Lipinski definition) is 1. The van der Waals surface area contributed by atoms with Crippen molar-refractivity contribution in [3.63, 3.8) is 0 Å². The van der Waals surface area contributed by atoms with Crippen LogP contribution in [-0.2, 0) is 4.79 Å². The number of alkyl halides is 2. The van der Waals surface area contributed by atoms with E-state index in [1.54, 1.807) is 60.7 Å². The van der Waals surface area contributed by atoms with E-state index in [9.17, 15) is 13.6 Å². The molecule has 0 radical (unpaired) electrons. The minimum Gasteiger partial charge on any atom is -0.281 e. The summed E-state index contributed by atoms with van der Waals surface area (Å²) in [6.07, 6.45) is 0. The molecule has 0 aromatic heterocycles. The van der Waals surface area contributed by atoms with Crippen molar-refractivity contribution in [1.82, 2.24) is 0 Å². The smallest absolute Gasteiger partial charge is 0.281 e. The minimum atomic E-state index is -3.55. The molecule has 0 unspecified atom stereocenters. The maximum Gasteiger partial charge on any atom is 0.325 e. The summed E-state index contributed by atoms with van der Waals surface area (Å²) >= 11 is 3.33. The molecule has 0 aliphatic rings. The Labute approximate surface area is 115 Å². The molecule has 2 rings (SSSR count). The van der Waals surface area contributed by atoms with Gasteiger partial charge in [0.2, 0.25) is 0 Å².